The number of hydrogen-bond donors (Lipinski definition) is 1. The minimum Gasteiger partial charge on any atom is -0.505 e. The molecule has 1 amide bonds. The van der Waals surface area contributed by atoms with Gasteiger partial charge in [0.25, 0.3) is 11.7 Å². The third kappa shape index (κ3) is 5.86. The lowest BCUT2D eigenvalue weighted by Gasteiger charge is -2.27. The molecule has 1 aliphatic rings. The normalized spacial score (nSPS) is 16.6. The van der Waals surface area contributed by atoms with Crippen molar-refractivity contribution in [1.29, 1.82) is 0 Å². The fourth-order valence-electron chi connectivity index (χ4n) is 5.37. The number of Topliss-reactive ketones (excluding diaryl/α,β-unsaturated/α-hetero) is 1. The van der Waals surface area contributed by atoms with Crippen molar-refractivity contribution >= 4 is 23.1 Å². The minimum absolute atomic E-state index is 0.0178. The maximum atomic E-state index is 13.6. The van der Waals surface area contributed by atoms with Gasteiger partial charge in [0.05, 0.1) is 23.9 Å². The van der Waals surface area contributed by atoms with Gasteiger partial charge in [-0.1, -0.05) is 38.6 Å². The standard InChI is InChI=1S/C32H40N4O5/c1-7-19-41-24-15-14-23(20-25(24)40-10-4)28-26(30(38)32(39)36(28)18-12-16-34(8-2)9-3)29(37)27-22(6)35-17-11-13-21(5)31(35)33-27/h7,11,13-15,17,20,28,37H,1,8-10,12,16,18-19H2,2-6H3/b29-26+. The first kappa shape index (κ1) is 29.9. The van der Waals surface area contributed by atoms with Crippen molar-refractivity contribution in [1.82, 2.24) is 19.2 Å². The van der Waals surface area contributed by atoms with Gasteiger partial charge < -0.3 is 28.8 Å². The van der Waals surface area contributed by atoms with Gasteiger partial charge in [-0.2, -0.15) is 0 Å². The molecular formula is C32H40N4O5. The predicted molar refractivity (Wildman–Crippen MR) is 159 cm³/mol. The molecule has 0 radical (unpaired) electrons. The van der Waals surface area contributed by atoms with Crippen LogP contribution in [0, 0.1) is 13.8 Å². The number of pyridine rings is 1. The zero-order valence-electron chi connectivity index (χ0n) is 24.6. The zero-order valence-corrected chi connectivity index (χ0v) is 24.6. The summed E-state index contributed by atoms with van der Waals surface area (Å²) in [6.45, 7) is 17.2. The van der Waals surface area contributed by atoms with Crippen LogP contribution in [0.4, 0.5) is 0 Å². The predicted octanol–water partition coefficient (Wildman–Crippen LogP) is 5.07. The van der Waals surface area contributed by atoms with Crippen LogP contribution in [0.25, 0.3) is 11.4 Å². The number of aromatic nitrogens is 2. The Morgan fingerprint density at radius 1 is 1.12 bits per heavy atom. The van der Waals surface area contributed by atoms with Crippen molar-refractivity contribution in [2.45, 2.75) is 47.1 Å². The Labute approximate surface area is 241 Å². The van der Waals surface area contributed by atoms with E-state index in [-0.39, 0.29) is 17.0 Å². The van der Waals surface area contributed by atoms with Crippen molar-refractivity contribution in [3.63, 3.8) is 0 Å². The van der Waals surface area contributed by atoms with Gasteiger partial charge in [-0.3, -0.25) is 9.59 Å². The lowest BCUT2D eigenvalue weighted by atomic mass is 9.96. The molecule has 0 bridgehead atoms. The first-order chi connectivity index (χ1) is 19.8. The molecule has 0 saturated carbocycles. The summed E-state index contributed by atoms with van der Waals surface area (Å²) in [7, 11) is 0. The average Bonchev–Trinajstić information content (AvgIpc) is 3.44. The number of fused-ring (bicyclic) bond motifs is 1. The monoisotopic (exact) mass is 560 g/mol. The molecule has 218 valence electrons. The number of amides is 1. The number of imidazole rings is 1. The fraction of sp³-hybridized carbons (Fsp3) is 0.406. The number of aliphatic hydroxyl groups excluding tert-OH is 1. The quantitative estimate of drug-likeness (QED) is 0.135. The first-order valence-corrected chi connectivity index (χ1v) is 14.2. The molecule has 1 fully saturated rings. The van der Waals surface area contributed by atoms with Crippen molar-refractivity contribution in [2.24, 2.45) is 0 Å². The van der Waals surface area contributed by atoms with Gasteiger partial charge in [0.2, 0.25) is 0 Å². The molecule has 1 saturated heterocycles. The van der Waals surface area contributed by atoms with E-state index in [1.807, 2.05) is 49.6 Å². The Balaban J connectivity index is 1.86. The van der Waals surface area contributed by atoms with Gasteiger partial charge >= 0.3 is 0 Å². The number of ketones is 1. The van der Waals surface area contributed by atoms with Crippen LogP contribution in [-0.4, -0.2) is 75.4 Å². The second-order valence-corrected chi connectivity index (χ2v) is 10.0. The molecule has 1 N–H and O–H groups in total. The average molecular weight is 561 g/mol. The number of benzene rings is 1. The Hall–Kier alpha value is -4.11. The van der Waals surface area contributed by atoms with E-state index in [4.69, 9.17) is 9.47 Å². The molecule has 4 rings (SSSR count). The van der Waals surface area contributed by atoms with Crippen molar-refractivity contribution < 1.29 is 24.2 Å². The fourth-order valence-corrected chi connectivity index (χ4v) is 5.37. The van der Waals surface area contributed by atoms with Crippen LogP contribution in [-0.2, 0) is 9.59 Å². The third-order valence-electron chi connectivity index (χ3n) is 7.56. The molecule has 0 aliphatic carbocycles. The van der Waals surface area contributed by atoms with Crippen molar-refractivity contribution in [2.75, 3.05) is 39.4 Å². The van der Waals surface area contributed by atoms with Crippen LogP contribution in [0.15, 0.2) is 54.8 Å². The van der Waals surface area contributed by atoms with Gasteiger partial charge in [-0.05, 0) is 76.2 Å². The molecule has 1 aromatic carbocycles. The molecule has 1 unspecified atom stereocenters. The van der Waals surface area contributed by atoms with Crippen LogP contribution >= 0.6 is 0 Å². The molecule has 1 aliphatic heterocycles. The summed E-state index contributed by atoms with van der Waals surface area (Å²) in [5, 5.41) is 11.7. The largest absolute Gasteiger partial charge is 0.505 e. The highest BCUT2D eigenvalue weighted by molar-refractivity contribution is 6.46. The number of hydrogen-bond acceptors (Lipinski definition) is 7. The summed E-state index contributed by atoms with van der Waals surface area (Å²) >= 11 is 0. The van der Waals surface area contributed by atoms with E-state index in [1.54, 1.807) is 23.1 Å². The summed E-state index contributed by atoms with van der Waals surface area (Å²) in [6, 6.07) is 8.38. The summed E-state index contributed by atoms with van der Waals surface area (Å²) in [5.41, 5.74) is 3.22. The van der Waals surface area contributed by atoms with Crippen LogP contribution in [0.5, 0.6) is 11.5 Å². The topological polar surface area (TPSA) is 96.6 Å². The van der Waals surface area contributed by atoms with Gasteiger partial charge in [-0.15, -0.1) is 0 Å². The number of aryl methyl sites for hydroxylation is 2. The Morgan fingerprint density at radius 2 is 1.88 bits per heavy atom. The van der Waals surface area contributed by atoms with E-state index in [0.717, 1.165) is 25.2 Å². The molecule has 9 heteroatoms. The van der Waals surface area contributed by atoms with Crippen molar-refractivity contribution in [3.8, 4) is 11.5 Å². The van der Waals surface area contributed by atoms with Gasteiger partial charge in [0.15, 0.2) is 17.3 Å². The SMILES string of the molecule is C=CCOc1ccc(C2/C(=C(\O)c3nc4c(C)cccn4c3C)C(=O)C(=O)N2CCCN(CC)CC)cc1OCC. The van der Waals surface area contributed by atoms with E-state index in [0.29, 0.717) is 54.6 Å². The maximum Gasteiger partial charge on any atom is 0.295 e. The minimum atomic E-state index is -0.815. The number of aliphatic hydroxyl groups is 1. The maximum absolute atomic E-state index is 13.6. The second kappa shape index (κ2) is 13.0. The molecule has 1 atom stereocenters. The molecule has 41 heavy (non-hydrogen) atoms. The summed E-state index contributed by atoms with van der Waals surface area (Å²) < 4.78 is 13.5. The molecule has 9 nitrogen and oxygen atoms in total. The van der Waals surface area contributed by atoms with E-state index >= 15 is 0 Å². The smallest absolute Gasteiger partial charge is 0.295 e. The summed E-state index contributed by atoms with van der Waals surface area (Å²) in [5.74, 6) is -0.641. The first-order valence-electron chi connectivity index (χ1n) is 14.2. The number of carbonyl (C=O) groups is 2. The Bertz CT molecular complexity index is 1470. The highest BCUT2D eigenvalue weighted by atomic mass is 16.5. The van der Waals surface area contributed by atoms with E-state index in [2.05, 4.69) is 30.3 Å². The second-order valence-electron chi connectivity index (χ2n) is 10.0. The van der Waals surface area contributed by atoms with E-state index < -0.39 is 17.7 Å². The molecular weight excluding hydrogens is 520 g/mol. The molecule has 3 aromatic rings. The van der Waals surface area contributed by atoms with E-state index in [9.17, 15) is 14.7 Å². The number of carbonyl (C=O) groups excluding carboxylic acids is 2. The van der Waals surface area contributed by atoms with Crippen LogP contribution < -0.4 is 9.47 Å². The molecule has 3 heterocycles. The van der Waals surface area contributed by atoms with Gasteiger partial charge in [0.1, 0.15) is 17.9 Å². The van der Waals surface area contributed by atoms with E-state index in [1.165, 1.54) is 0 Å². The number of ether oxygens (including phenoxy) is 2. The summed E-state index contributed by atoms with van der Waals surface area (Å²) in [4.78, 5) is 35.6. The van der Waals surface area contributed by atoms with Crippen LogP contribution in [0.1, 0.15) is 55.7 Å². The number of rotatable bonds is 13. The highest BCUT2D eigenvalue weighted by Crippen LogP contribution is 2.42. The Kier molecular flexibility index (Phi) is 9.50. The van der Waals surface area contributed by atoms with Crippen LogP contribution in [0.3, 0.4) is 0 Å². The highest BCUT2D eigenvalue weighted by Gasteiger charge is 2.46. The lowest BCUT2D eigenvalue weighted by Crippen LogP contribution is -2.33. The third-order valence-corrected chi connectivity index (χ3v) is 7.56. The van der Waals surface area contributed by atoms with Crippen LogP contribution in [0.2, 0.25) is 0 Å². The molecule has 2 aromatic heterocycles. The van der Waals surface area contributed by atoms with Gasteiger partial charge in [0, 0.05) is 12.7 Å². The Morgan fingerprint density at radius 3 is 2.54 bits per heavy atom. The molecule has 0 spiro atoms. The lowest BCUT2D eigenvalue weighted by molar-refractivity contribution is -0.140. The van der Waals surface area contributed by atoms with Gasteiger partial charge in [-0.25, -0.2) is 4.98 Å². The number of nitrogens with zero attached hydrogens (tertiary/aromatic N) is 4. The number of likely N-dealkylation sites (tertiary alicyclic amines) is 1. The summed E-state index contributed by atoms with van der Waals surface area (Å²) in [6.07, 6.45) is 4.19. The zero-order chi connectivity index (χ0) is 29.7. The van der Waals surface area contributed by atoms with Crippen molar-refractivity contribution in [3.05, 3.63) is 77.3 Å².